The summed E-state index contributed by atoms with van der Waals surface area (Å²) in [6.45, 7) is 0. The number of ether oxygens (including phenoxy) is 1. The van der Waals surface area contributed by atoms with Crippen LogP contribution in [0.5, 0.6) is 5.88 Å². The quantitative estimate of drug-likeness (QED) is 0.688. The SMILES string of the molecule is COc1ccc([C@H](NC(=O)c2ccccc2-n2cccn2)C2CC(O)C2)cn1. The predicted molar refractivity (Wildman–Crippen MR) is 103 cm³/mol. The van der Waals surface area contributed by atoms with Crippen molar-refractivity contribution in [1.29, 1.82) is 0 Å². The lowest BCUT2D eigenvalue weighted by Gasteiger charge is -2.38. The minimum Gasteiger partial charge on any atom is -0.481 e. The molecule has 28 heavy (non-hydrogen) atoms. The molecule has 1 aromatic carbocycles. The van der Waals surface area contributed by atoms with E-state index in [1.54, 1.807) is 42.5 Å². The fraction of sp³-hybridized carbons (Fsp3) is 0.286. The molecule has 0 spiro atoms. The lowest BCUT2D eigenvalue weighted by Crippen LogP contribution is -2.41. The van der Waals surface area contributed by atoms with Gasteiger partial charge in [0.25, 0.3) is 5.91 Å². The van der Waals surface area contributed by atoms with Crippen LogP contribution >= 0.6 is 0 Å². The molecule has 0 unspecified atom stereocenters. The van der Waals surface area contributed by atoms with E-state index in [1.807, 2.05) is 30.3 Å². The zero-order valence-electron chi connectivity index (χ0n) is 15.5. The zero-order chi connectivity index (χ0) is 19.5. The Bertz CT molecular complexity index is 935. The van der Waals surface area contributed by atoms with Crippen LogP contribution in [-0.4, -0.2) is 39.0 Å². The lowest BCUT2D eigenvalue weighted by molar-refractivity contribution is 0.0234. The van der Waals surface area contributed by atoms with Gasteiger partial charge in [0.15, 0.2) is 0 Å². The molecule has 1 atom stereocenters. The van der Waals surface area contributed by atoms with Gasteiger partial charge in [-0.05, 0) is 42.5 Å². The number of benzene rings is 1. The number of aromatic nitrogens is 3. The van der Waals surface area contributed by atoms with Gasteiger partial charge in [-0.15, -0.1) is 0 Å². The highest BCUT2D eigenvalue weighted by Crippen LogP contribution is 2.38. The maximum Gasteiger partial charge on any atom is 0.253 e. The number of hydrogen-bond acceptors (Lipinski definition) is 5. The van der Waals surface area contributed by atoms with Crippen LogP contribution in [0.25, 0.3) is 5.69 Å². The van der Waals surface area contributed by atoms with E-state index in [0.717, 1.165) is 5.56 Å². The van der Waals surface area contributed by atoms with Gasteiger partial charge in [-0.1, -0.05) is 18.2 Å². The smallest absolute Gasteiger partial charge is 0.253 e. The van der Waals surface area contributed by atoms with Gasteiger partial charge in [0.1, 0.15) is 0 Å². The molecule has 0 aliphatic heterocycles. The molecule has 0 radical (unpaired) electrons. The second-order valence-corrected chi connectivity index (χ2v) is 6.94. The van der Waals surface area contributed by atoms with E-state index in [1.165, 1.54) is 0 Å². The van der Waals surface area contributed by atoms with Crippen LogP contribution in [0.15, 0.2) is 61.1 Å². The van der Waals surface area contributed by atoms with E-state index in [0.29, 0.717) is 30.0 Å². The lowest BCUT2D eigenvalue weighted by atomic mass is 9.75. The molecule has 1 saturated carbocycles. The number of nitrogens with zero attached hydrogens (tertiary/aromatic N) is 3. The summed E-state index contributed by atoms with van der Waals surface area (Å²) in [6, 6.07) is 12.6. The Morgan fingerprint density at radius 3 is 2.71 bits per heavy atom. The van der Waals surface area contributed by atoms with E-state index in [9.17, 15) is 9.90 Å². The van der Waals surface area contributed by atoms with E-state index < -0.39 is 0 Å². The summed E-state index contributed by atoms with van der Waals surface area (Å²) in [5.74, 6) is 0.491. The van der Waals surface area contributed by atoms with Crippen molar-refractivity contribution in [3.05, 3.63) is 72.2 Å². The summed E-state index contributed by atoms with van der Waals surface area (Å²) in [4.78, 5) is 17.4. The highest BCUT2D eigenvalue weighted by atomic mass is 16.5. The van der Waals surface area contributed by atoms with Crippen molar-refractivity contribution in [2.45, 2.75) is 25.0 Å². The van der Waals surface area contributed by atoms with Gasteiger partial charge in [0, 0.05) is 24.7 Å². The first-order valence-electron chi connectivity index (χ1n) is 9.23. The van der Waals surface area contributed by atoms with Crippen LogP contribution in [0, 0.1) is 5.92 Å². The van der Waals surface area contributed by atoms with Crippen LogP contribution in [0.1, 0.15) is 34.8 Å². The molecule has 0 bridgehead atoms. The Morgan fingerprint density at radius 1 is 1.25 bits per heavy atom. The maximum atomic E-state index is 13.1. The van der Waals surface area contributed by atoms with Crippen molar-refractivity contribution in [3.8, 4) is 11.6 Å². The first-order chi connectivity index (χ1) is 13.7. The fourth-order valence-corrected chi connectivity index (χ4v) is 3.57. The van der Waals surface area contributed by atoms with Gasteiger partial charge in [0.2, 0.25) is 5.88 Å². The van der Waals surface area contributed by atoms with Crippen LogP contribution < -0.4 is 10.1 Å². The normalized spacial score (nSPS) is 19.5. The Morgan fingerprint density at radius 2 is 2.07 bits per heavy atom. The Kier molecular flexibility index (Phi) is 5.08. The minimum absolute atomic E-state index is 0.158. The molecule has 2 N–H and O–H groups in total. The molecule has 1 aliphatic rings. The fourth-order valence-electron chi connectivity index (χ4n) is 3.57. The third-order valence-electron chi connectivity index (χ3n) is 5.14. The van der Waals surface area contributed by atoms with Crippen LogP contribution in [-0.2, 0) is 0 Å². The molecule has 1 aliphatic carbocycles. The molecule has 4 rings (SSSR count). The summed E-state index contributed by atoms with van der Waals surface area (Å²) in [6.07, 6.45) is 6.19. The zero-order valence-corrected chi connectivity index (χ0v) is 15.5. The Labute approximate surface area is 163 Å². The molecule has 144 valence electrons. The molecular formula is C21H22N4O3. The highest BCUT2D eigenvalue weighted by Gasteiger charge is 2.36. The van der Waals surface area contributed by atoms with Crippen LogP contribution in [0.3, 0.4) is 0 Å². The number of hydrogen-bond donors (Lipinski definition) is 2. The number of rotatable bonds is 6. The maximum absolute atomic E-state index is 13.1. The number of carbonyl (C=O) groups is 1. The largest absolute Gasteiger partial charge is 0.481 e. The van der Waals surface area contributed by atoms with E-state index in [2.05, 4.69) is 15.4 Å². The number of nitrogens with one attached hydrogen (secondary N) is 1. The Balaban J connectivity index is 1.61. The van der Waals surface area contributed by atoms with Crippen molar-refractivity contribution in [2.24, 2.45) is 5.92 Å². The number of pyridine rings is 1. The average molecular weight is 378 g/mol. The van der Waals surface area contributed by atoms with E-state index >= 15 is 0 Å². The van der Waals surface area contributed by atoms with Gasteiger partial charge in [0.05, 0.1) is 30.5 Å². The molecule has 7 heteroatoms. The monoisotopic (exact) mass is 378 g/mol. The molecule has 2 heterocycles. The van der Waals surface area contributed by atoms with Crippen molar-refractivity contribution >= 4 is 5.91 Å². The van der Waals surface area contributed by atoms with Gasteiger partial charge >= 0.3 is 0 Å². The molecule has 3 aromatic rings. The van der Waals surface area contributed by atoms with Crippen molar-refractivity contribution < 1.29 is 14.6 Å². The van der Waals surface area contributed by atoms with E-state index in [-0.39, 0.29) is 24.0 Å². The van der Waals surface area contributed by atoms with Gasteiger partial charge in [-0.25, -0.2) is 9.67 Å². The molecule has 7 nitrogen and oxygen atoms in total. The topological polar surface area (TPSA) is 89.3 Å². The highest BCUT2D eigenvalue weighted by molar-refractivity contribution is 5.98. The molecule has 1 fully saturated rings. The summed E-state index contributed by atoms with van der Waals surface area (Å²) in [5, 5.41) is 17.1. The number of aliphatic hydroxyl groups is 1. The third-order valence-corrected chi connectivity index (χ3v) is 5.14. The molecular weight excluding hydrogens is 356 g/mol. The number of para-hydroxylation sites is 1. The van der Waals surface area contributed by atoms with Crippen LogP contribution in [0.4, 0.5) is 0 Å². The average Bonchev–Trinajstić information content (AvgIpc) is 3.25. The van der Waals surface area contributed by atoms with Gasteiger partial charge in [-0.3, -0.25) is 4.79 Å². The number of methoxy groups -OCH3 is 1. The van der Waals surface area contributed by atoms with Crippen LogP contribution in [0.2, 0.25) is 0 Å². The molecule has 1 amide bonds. The first-order valence-corrected chi connectivity index (χ1v) is 9.23. The Hall–Kier alpha value is -3.19. The molecule has 2 aromatic heterocycles. The number of aliphatic hydroxyl groups excluding tert-OH is 1. The standard InChI is InChI=1S/C21H22N4O3/c1-28-19-8-7-14(13-22-19)20(15-11-16(26)12-15)24-21(27)17-5-2-3-6-18(17)25-10-4-9-23-25/h2-10,13,15-16,20,26H,11-12H2,1H3,(H,24,27)/t15?,16?,20-/m0/s1. The second-order valence-electron chi connectivity index (χ2n) is 6.94. The second kappa shape index (κ2) is 7.82. The number of amides is 1. The summed E-state index contributed by atoms with van der Waals surface area (Å²) in [7, 11) is 1.57. The summed E-state index contributed by atoms with van der Waals surface area (Å²) in [5.41, 5.74) is 2.14. The van der Waals surface area contributed by atoms with E-state index in [4.69, 9.17) is 4.74 Å². The number of carbonyl (C=O) groups excluding carboxylic acids is 1. The minimum atomic E-state index is -0.313. The summed E-state index contributed by atoms with van der Waals surface area (Å²) >= 11 is 0. The van der Waals surface area contributed by atoms with Crippen molar-refractivity contribution in [2.75, 3.05) is 7.11 Å². The third kappa shape index (κ3) is 3.61. The van der Waals surface area contributed by atoms with Crippen molar-refractivity contribution in [3.63, 3.8) is 0 Å². The molecule has 0 saturated heterocycles. The van der Waals surface area contributed by atoms with Gasteiger partial charge < -0.3 is 15.2 Å². The van der Waals surface area contributed by atoms with Gasteiger partial charge in [-0.2, -0.15) is 5.10 Å². The predicted octanol–water partition coefficient (Wildman–Crippen LogP) is 2.52. The summed E-state index contributed by atoms with van der Waals surface area (Å²) < 4.78 is 6.80. The first kappa shape index (κ1) is 18.2. The van der Waals surface area contributed by atoms with Crippen molar-refractivity contribution in [1.82, 2.24) is 20.1 Å².